The predicted molar refractivity (Wildman–Crippen MR) is 66.6 cm³/mol. The average Bonchev–Trinajstić information content (AvgIpc) is 2.34. The maximum Gasteiger partial charge on any atom is 0.156 e. The van der Waals surface area contributed by atoms with Gasteiger partial charge in [0.25, 0.3) is 0 Å². The van der Waals surface area contributed by atoms with Gasteiger partial charge in [-0.2, -0.15) is 0 Å². The van der Waals surface area contributed by atoms with Gasteiger partial charge < -0.3 is 10.0 Å². The number of carbonyl (C=O) groups excluding carboxylic acids is 1. The minimum atomic E-state index is 0.00360. The zero-order valence-electron chi connectivity index (χ0n) is 9.77. The van der Waals surface area contributed by atoms with E-state index in [2.05, 4.69) is 16.9 Å². The number of hydrogen-bond donors (Lipinski definition) is 1. The monoisotopic (exact) mass is 257 g/mol. The number of halogens is 1. The molecule has 0 saturated heterocycles. The van der Waals surface area contributed by atoms with Crippen LogP contribution >= 0.6 is 11.6 Å². The summed E-state index contributed by atoms with van der Waals surface area (Å²) in [5.74, 6) is 0.488. The standard InChI is InChI=1S/C11H16ClN3O2/c1-2-3-4-15(5-6-16)11-9(7-17)10(12)13-8-14-11/h7-8,16H,2-6H2,1H3. The van der Waals surface area contributed by atoms with Crippen LogP contribution in [0.25, 0.3) is 0 Å². The third kappa shape index (κ3) is 3.64. The van der Waals surface area contributed by atoms with Gasteiger partial charge in [-0.25, -0.2) is 9.97 Å². The van der Waals surface area contributed by atoms with Crippen molar-refractivity contribution in [2.75, 3.05) is 24.6 Å². The summed E-state index contributed by atoms with van der Waals surface area (Å²) in [4.78, 5) is 20.7. The first-order valence-electron chi connectivity index (χ1n) is 5.56. The summed E-state index contributed by atoms with van der Waals surface area (Å²) in [7, 11) is 0. The van der Waals surface area contributed by atoms with Crippen molar-refractivity contribution in [1.82, 2.24) is 9.97 Å². The van der Waals surface area contributed by atoms with E-state index in [0.29, 0.717) is 18.6 Å². The fourth-order valence-electron chi connectivity index (χ4n) is 1.51. The molecule has 0 amide bonds. The molecule has 0 aliphatic carbocycles. The number of aliphatic hydroxyl groups excluding tert-OH is 1. The number of aromatic nitrogens is 2. The molecule has 0 aliphatic heterocycles. The van der Waals surface area contributed by atoms with Gasteiger partial charge in [0.15, 0.2) is 6.29 Å². The highest BCUT2D eigenvalue weighted by Gasteiger charge is 2.15. The van der Waals surface area contributed by atoms with Crippen LogP contribution in [0.2, 0.25) is 5.15 Å². The van der Waals surface area contributed by atoms with Crippen LogP contribution in [0.5, 0.6) is 0 Å². The lowest BCUT2D eigenvalue weighted by Crippen LogP contribution is -2.29. The van der Waals surface area contributed by atoms with Gasteiger partial charge >= 0.3 is 0 Å². The molecular weight excluding hydrogens is 242 g/mol. The molecule has 0 aromatic carbocycles. The van der Waals surface area contributed by atoms with Crippen molar-refractivity contribution in [3.05, 3.63) is 17.0 Å². The predicted octanol–water partition coefficient (Wildman–Crippen LogP) is 1.54. The maximum atomic E-state index is 11.0. The van der Waals surface area contributed by atoms with E-state index in [-0.39, 0.29) is 17.3 Å². The molecule has 1 aromatic rings. The Labute approximate surface area is 105 Å². The smallest absolute Gasteiger partial charge is 0.156 e. The molecule has 0 bridgehead atoms. The molecular formula is C11H16ClN3O2. The highest BCUT2D eigenvalue weighted by Crippen LogP contribution is 2.21. The van der Waals surface area contributed by atoms with E-state index < -0.39 is 0 Å². The van der Waals surface area contributed by atoms with Gasteiger partial charge in [0.05, 0.1) is 12.2 Å². The van der Waals surface area contributed by atoms with Crippen LogP contribution in [0.3, 0.4) is 0 Å². The zero-order valence-corrected chi connectivity index (χ0v) is 10.5. The SMILES string of the molecule is CCCCN(CCO)c1ncnc(Cl)c1C=O. The lowest BCUT2D eigenvalue weighted by atomic mass is 10.2. The number of rotatable bonds is 7. The molecule has 0 aliphatic rings. The van der Waals surface area contributed by atoms with E-state index in [1.807, 2.05) is 4.90 Å². The molecule has 0 radical (unpaired) electrons. The Kier molecular flexibility index (Phi) is 5.86. The highest BCUT2D eigenvalue weighted by atomic mass is 35.5. The van der Waals surface area contributed by atoms with E-state index in [4.69, 9.17) is 16.7 Å². The highest BCUT2D eigenvalue weighted by molar-refractivity contribution is 6.32. The van der Waals surface area contributed by atoms with Crippen molar-refractivity contribution in [2.24, 2.45) is 0 Å². The number of unbranched alkanes of at least 4 members (excludes halogenated alkanes) is 1. The molecule has 0 saturated carbocycles. The second-order valence-electron chi connectivity index (χ2n) is 3.58. The van der Waals surface area contributed by atoms with E-state index >= 15 is 0 Å². The second-order valence-corrected chi connectivity index (χ2v) is 3.94. The average molecular weight is 258 g/mol. The van der Waals surface area contributed by atoms with Gasteiger partial charge in [0.1, 0.15) is 17.3 Å². The quantitative estimate of drug-likeness (QED) is 0.593. The Morgan fingerprint density at radius 2 is 2.24 bits per heavy atom. The van der Waals surface area contributed by atoms with Crippen molar-refractivity contribution in [1.29, 1.82) is 0 Å². The Morgan fingerprint density at radius 1 is 1.47 bits per heavy atom. The summed E-state index contributed by atoms with van der Waals surface area (Å²) in [6, 6.07) is 0. The number of aliphatic hydroxyl groups is 1. The molecule has 1 heterocycles. The summed E-state index contributed by atoms with van der Waals surface area (Å²) < 4.78 is 0. The van der Waals surface area contributed by atoms with Crippen LogP contribution < -0.4 is 4.90 Å². The zero-order chi connectivity index (χ0) is 12.7. The normalized spacial score (nSPS) is 10.3. The number of carbonyl (C=O) groups is 1. The Hall–Kier alpha value is -1.20. The van der Waals surface area contributed by atoms with Crippen LogP contribution in [0.4, 0.5) is 5.82 Å². The summed E-state index contributed by atoms with van der Waals surface area (Å²) in [5, 5.41) is 9.17. The van der Waals surface area contributed by atoms with Gasteiger partial charge in [-0.1, -0.05) is 24.9 Å². The Balaban J connectivity index is 2.99. The van der Waals surface area contributed by atoms with Crippen molar-refractivity contribution in [3.8, 4) is 0 Å². The lowest BCUT2D eigenvalue weighted by molar-refractivity contribution is 0.112. The van der Waals surface area contributed by atoms with Gasteiger partial charge in [-0.3, -0.25) is 4.79 Å². The molecule has 0 atom stereocenters. The van der Waals surface area contributed by atoms with Crippen molar-refractivity contribution in [2.45, 2.75) is 19.8 Å². The molecule has 0 unspecified atom stereocenters. The molecule has 17 heavy (non-hydrogen) atoms. The van der Waals surface area contributed by atoms with Crippen LogP contribution in [-0.2, 0) is 0 Å². The number of anilines is 1. The molecule has 94 valence electrons. The van der Waals surface area contributed by atoms with Crippen LogP contribution in [0, 0.1) is 0 Å². The van der Waals surface area contributed by atoms with Crippen LogP contribution in [0.15, 0.2) is 6.33 Å². The molecule has 0 fully saturated rings. The van der Waals surface area contributed by atoms with E-state index in [9.17, 15) is 4.79 Å². The van der Waals surface area contributed by atoms with Gasteiger partial charge in [0.2, 0.25) is 0 Å². The number of nitrogens with zero attached hydrogens (tertiary/aromatic N) is 3. The van der Waals surface area contributed by atoms with Gasteiger partial charge in [0, 0.05) is 13.1 Å². The van der Waals surface area contributed by atoms with Crippen molar-refractivity contribution >= 4 is 23.7 Å². The summed E-state index contributed by atoms with van der Waals surface area (Å²) in [6.45, 7) is 3.23. The summed E-state index contributed by atoms with van der Waals surface area (Å²) in [6.07, 6.45) is 3.95. The summed E-state index contributed by atoms with van der Waals surface area (Å²) >= 11 is 5.84. The maximum absolute atomic E-state index is 11.0. The topological polar surface area (TPSA) is 66.3 Å². The first-order valence-corrected chi connectivity index (χ1v) is 5.93. The molecule has 6 heteroatoms. The Bertz CT molecular complexity index is 374. The third-order valence-corrected chi connectivity index (χ3v) is 2.68. The Morgan fingerprint density at radius 3 is 2.82 bits per heavy atom. The lowest BCUT2D eigenvalue weighted by Gasteiger charge is -2.23. The molecule has 1 N–H and O–H groups in total. The number of hydrogen-bond acceptors (Lipinski definition) is 5. The van der Waals surface area contributed by atoms with Gasteiger partial charge in [-0.15, -0.1) is 0 Å². The van der Waals surface area contributed by atoms with Crippen LogP contribution in [0.1, 0.15) is 30.1 Å². The molecule has 5 nitrogen and oxygen atoms in total. The van der Waals surface area contributed by atoms with Crippen molar-refractivity contribution < 1.29 is 9.90 Å². The molecule has 1 rings (SSSR count). The van der Waals surface area contributed by atoms with Gasteiger partial charge in [-0.05, 0) is 6.42 Å². The minimum absolute atomic E-state index is 0.00360. The number of aldehydes is 1. The van der Waals surface area contributed by atoms with E-state index in [1.54, 1.807) is 0 Å². The largest absolute Gasteiger partial charge is 0.395 e. The fraction of sp³-hybridized carbons (Fsp3) is 0.545. The third-order valence-electron chi connectivity index (χ3n) is 2.38. The van der Waals surface area contributed by atoms with Crippen LogP contribution in [-0.4, -0.2) is 41.1 Å². The van der Waals surface area contributed by atoms with E-state index in [1.165, 1.54) is 6.33 Å². The summed E-state index contributed by atoms with van der Waals surface area (Å²) in [5.41, 5.74) is 0.277. The van der Waals surface area contributed by atoms with Crippen molar-refractivity contribution in [3.63, 3.8) is 0 Å². The first-order chi connectivity index (χ1) is 8.24. The molecule has 1 aromatic heterocycles. The fourth-order valence-corrected chi connectivity index (χ4v) is 1.68. The second kappa shape index (κ2) is 7.19. The first kappa shape index (κ1) is 13.9. The molecule has 0 spiro atoms. The van der Waals surface area contributed by atoms with E-state index in [0.717, 1.165) is 19.4 Å². The minimum Gasteiger partial charge on any atom is -0.395 e.